The lowest BCUT2D eigenvalue weighted by molar-refractivity contribution is 0.0373. The van der Waals surface area contributed by atoms with E-state index in [-0.39, 0.29) is 0 Å². The molecule has 0 spiro atoms. The average Bonchev–Trinajstić information content (AvgIpc) is 3.00. The van der Waals surface area contributed by atoms with Crippen molar-refractivity contribution in [2.24, 2.45) is 0 Å². The molecule has 0 N–H and O–H groups in total. The molecule has 0 aliphatic carbocycles. The normalized spacial score (nSPS) is 16.1. The number of rotatable bonds is 5. The zero-order chi connectivity index (χ0) is 15.4. The number of hydrogen-bond acceptors (Lipinski definition) is 3. The molecule has 0 saturated carbocycles. The van der Waals surface area contributed by atoms with E-state index in [2.05, 4.69) is 17.0 Å². The molecule has 3 rings (SSSR count). The fraction of sp³-hybridized carbons (Fsp3) is 0.444. The summed E-state index contributed by atoms with van der Waals surface area (Å²) < 4.78 is 11.3. The van der Waals surface area contributed by atoms with Crippen LogP contribution >= 0.6 is 11.6 Å². The van der Waals surface area contributed by atoms with E-state index in [1.807, 2.05) is 25.1 Å². The van der Waals surface area contributed by atoms with E-state index in [1.54, 1.807) is 0 Å². The molecule has 1 aromatic heterocycles. The van der Waals surface area contributed by atoms with Crippen LogP contribution in [0.1, 0.15) is 17.7 Å². The highest BCUT2D eigenvalue weighted by molar-refractivity contribution is 6.31. The molecule has 118 valence electrons. The second kappa shape index (κ2) is 7.32. The first kappa shape index (κ1) is 15.6. The predicted molar refractivity (Wildman–Crippen MR) is 89.5 cm³/mol. The van der Waals surface area contributed by atoms with E-state index < -0.39 is 0 Å². The maximum absolute atomic E-state index is 6.18. The zero-order valence-electron chi connectivity index (χ0n) is 13.0. The highest BCUT2D eigenvalue weighted by Gasteiger charge is 2.11. The van der Waals surface area contributed by atoms with Crippen LogP contribution in [0.2, 0.25) is 5.02 Å². The van der Waals surface area contributed by atoms with Crippen LogP contribution in [0, 0.1) is 6.92 Å². The van der Waals surface area contributed by atoms with Gasteiger partial charge in [-0.05, 0) is 43.7 Å². The van der Waals surface area contributed by atoms with Gasteiger partial charge in [0.2, 0.25) is 0 Å². The summed E-state index contributed by atoms with van der Waals surface area (Å²) in [7, 11) is 0. The Labute approximate surface area is 136 Å². The van der Waals surface area contributed by atoms with Crippen molar-refractivity contribution < 1.29 is 9.15 Å². The van der Waals surface area contributed by atoms with Gasteiger partial charge in [0.05, 0.1) is 13.2 Å². The number of morpholine rings is 1. The van der Waals surface area contributed by atoms with Gasteiger partial charge in [-0.25, -0.2) is 0 Å². The van der Waals surface area contributed by atoms with Crippen molar-refractivity contribution in [1.82, 2.24) is 4.90 Å². The molecule has 2 heterocycles. The molecule has 0 amide bonds. The summed E-state index contributed by atoms with van der Waals surface area (Å²) in [4.78, 5) is 2.45. The summed E-state index contributed by atoms with van der Waals surface area (Å²) in [5.41, 5.74) is 2.12. The lowest BCUT2D eigenvalue weighted by Gasteiger charge is -2.26. The second-order valence-electron chi connectivity index (χ2n) is 5.79. The highest BCUT2D eigenvalue weighted by Crippen LogP contribution is 2.27. The van der Waals surface area contributed by atoms with Crippen LogP contribution in [0.3, 0.4) is 0 Å². The molecule has 1 saturated heterocycles. The van der Waals surface area contributed by atoms with Gasteiger partial charge in [0.15, 0.2) is 0 Å². The molecule has 1 aliphatic heterocycles. The van der Waals surface area contributed by atoms with E-state index in [9.17, 15) is 0 Å². The summed E-state index contributed by atoms with van der Waals surface area (Å²) in [6.07, 6.45) is 2.08. The Balaban J connectivity index is 1.55. The molecule has 1 aliphatic rings. The van der Waals surface area contributed by atoms with E-state index in [4.69, 9.17) is 20.8 Å². The minimum Gasteiger partial charge on any atom is -0.461 e. The molecule has 0 unspecified atom stereocenters. The number of hydrogen-bond donors (Lipinski definition) is 0. The minimum atomic E-state index is 0.780. The molecule has 0 radical (unpaired) electrons. The van der Waals surface area contributed by atoms with E-state index in [0.717, 1.165) is 73.4 Å². The average molecular weight is 320 g/mol. The first-order chi connectivity index (χ1) is 10.7. The topological polar surface area (TPSA) is 25.6 Å². The number of ether oxygens (including phenoxy) is 1. The van der Waals surface area contributed by atoms with Crippen LogP contribution in [0.4, 0.5) is 0 Å². The van der Waals surface area contributed by atoms with Gasteiger partial charge in [-0.2, -0.15) is 0 Å². The van der Waals surface area contributed by atoms with Crippen LogP contribution in [0.15, 0.2) is 34.7 Å². The van der Waals surface area contributed by atoms with Gasteiger partial charge in [-0.3, -0.25) is 4.90 Å². The summed E-state index contributed by atoms with van der Waals surface area (Å²) >= 11 is 6.18. The highest BCUT2D eigenvalue weighted by atomic mass is 35.5. The van der Waals surface area contributed by atoms with Crippen molar-refractivity contribution in [3.8, 4) is 11.3 Å². The maximum Gasteiger partial charge on any atom is 0.134 e. The third kappa shape index (κ3) is 3.92. The number of aryl methyl sites for hydroxylation is 2. The van der Waals surface area contributed by atoms with E-state index >= 15 is 0 Å². The smallest absolute Gasteiger partial charge is 0.134 e. The molecular weight excluding hydrogens is 298 g/mol. The SMILES string of the molecule is Cc1ccc(-c2ccc(CCCN3CCOCC3)o2)cc1Cl. The van der Waals surface area contributed by atoms with Crippen molar-refractivity contribution >= 4 is 11.6 Å². The Bertz CT molecular complexity index is 617. The lowest BCUT2D eigenvalue weighted by atomic mass is 10.1. The summed E-state index contributed by atoms with van der Waals surface area (Å²) in [5, 5.41) is 0.780. The molecule has 0 atom stereocenters. The molecule has 22 heavy (non-hydrogen) atoms. The van der Waals surface area contributed by atoms with E-state index in [1.165, 1.54) is 0 Å². The van der Waals surface area contributed by atoms with Crippen molar-refractivity contribution in [3.63, 3.8) is 0 Å². The van der Waals surface area contributed by atoms with Crippen LogP contribution in [-0.4, -0.2) is 37.7 Å². The Morgan fingerprint density at radius 3 is 2.73 bits per heavy atom. The van der Waals surface area contributed by atoms with Gasteiger partial charge in [0.25, 0.3) is 0 Å². The number of benzene rings is 1. The van der Waals surface area contributed by atoms with Crippen LogP contribution in [-0.2, 0) is 11.2 Å². The predicted octanol–water partition coefficient (Wildman–Crippen LogP) is 4.17. The molecule has 2 aromatic rings. The Hall–Kier alpha value is -1.29. The van der Waals surface area contributed by atoms with Gasteiger partial charge in [0, 0.05) is 30.1 Å². The van der Waals surface area contributed by atoms with Gasteiger partial charge < -0.3 is 9.15 Å². The number of furan rings is 1. The second-order valence-corrected chi connectivity index (χ2v) is 6.19. The Kier molecular flexibility index (Phi) is 5.19. The maximum atomic E-state index is 6.18. The molecule has 4 heteroatoms. The quantitative estimate of drug-likeness (QED) is 0.827. The fourth-order valence-electron chi connectivity index (χ4n) is 2.72. The number of halogens is 1. The van der Waals surface area contributed by atoms with Crippen molar-refractivity contribution in [2.75, 3.05) is 32.8 Å². The van der Waals surface area contributed by atoms with Gasteiger partial charge in [-0.15, -0.1) is 0 Å². The zero-order valence-corrected chi connectivity index (χ0v) is 13.7. The Morgan fingerprint density at radius 1 is 1.14 bits per heavy atom. The van der Waals surface area contributed by atoms with Gasteiger partial charge >= 0.3 is 0 Å². The van der Waals surface area contributed by atoms with Gasteiger partial charge in [0.1, 0.15) is 11.5 Å². The summed E-state index contributed by atoms with van der Waals surface area (Å²) in [6.45, 7) is 6.93. The first-order valence-electron chi connectivity index (χ1n) is 7.88. The minimum absolute atomic E-state index is 0.780. The third-order valence-corrected chi connectivity index (χ3v) is 4.53. The summed E-state index contributed by atoms with van der Waals surface area (Å²) in [5.74, 6) is 1.93. The molecule has 0 bridgehead atoms. The monoisotopic (exact) mass is 319 g/mol. The Morgan fingerprint density at radius 2 is 1.95 bits per heavy atom. The van der Waals surface area contributed by atoms with Crippen LogP contribution < -0.4 is 0 Å². The third-order valence-electron chi connectivity index (χ3n) is 4.12. The lowest BCUT2D eigenvalue weighted by Crippen LogP contribution is -2.36. The standard InChI is InChI=1S/C18H22ClNO2/c1-14-4-5-15(13-17(14)19)18-7-6-16(22-18)3-2-8-20-9-11-21-12-10-20/h4-7,13H,2-3,8-12H2,1H3. The fourth-order valence-corrected chi connectivity index (χ4v) is 2.90. The van der Waals surface area contributed by atoms with Crippen molar-refractivity contribution in [1.29, 1.82) is 0 Å². The molecule has 3 nitrogen and oxygen atoms in total. The van der Waals surface area contributed by atoms with Gasteiger partial charge in [-0.1, -0.05) is 23.7 Å². The first-order valence-corrected chi connectivity index (χ1v) is 8.25. The largest absolute Gasteiger partial charge is 0.461 e. The van der Waals surface area contributed by atoms with Crippen LogP contribution in [0.25, 0.3) is 11.3 Å². The molecule has 1 aromatic carbocycles. The van der Waals surface area contributed by atoms with Crippen molar-refractivity contribution in [3.05, 3.63) is 46.7 Å². The summed E-state index contributed by atoms with van der Waals surface area (Å²) in [6, 6.07) is 10.1. The van der Waals surface area contributed by atoms with Crippen molar-refractivity contribution in [2.45, 2.75) is 19.8 Å². The molecule has 1 fully saturated rings. The molecular formula is C18H22ClNO2. The van der Waals surface area contributed by atoms with E-state index in [0.29, 0.717) is 0 Å². The van der Waals surface area contributed by atoms with Crippen LogP contribution in [0.5, 0.6) is 0 Å². The number of nitrogens with zero attached hydrogens (tertiary/aromatic N) is 1.